The molecule has 0 unspecified atom stereocenters. The van der Waals surface area contributed by atoms with Crippen LogP contribution in [0.4, 0.5) is 5.69 Å². The van der Waals surface area contributed by atoms with Crippen molar-refractivity contribution in [2.45, 2.75) is 13.8 Å². The molecule has 2 N–H and O–H groups in total. The van der Waals surface area contributed by atoms with E-state index < -0.39 is 0 Å². The summed E-state index contributed by atoms with van der Waals surface area (Å²) in [5.41, 5.74) is 3.11. The number of para-hydroxylation sites is 1. The van der Waals surface area contributed by atoms with Gasteiger partial charge >= 0.3 is 0 Å². The first-order chi connectivity index (χ1) is 12.1. The number of aromatic nitrogens is 1. The van der Waals surface area contributed by atoms with Crippen molar-refractivity contribution in [3.05, 3.63) is 71.4 Å². The van der Waals surface area contributed by atoms with Gasteiger partial charge in [-0.2, -0.15) is 0 Å². The molecule has 0 saturated carbocycles. The number of anilines is 1. The molecule has 1 aromatic heterocycles. The van der Waals surface area contributed by atoms with Gasteiger partial charge in [0.25, 0.3) is 11.8 Å². The molecule has 0 radical (unpaired) electrons. The van der Waals surface area contributed by atoms with E-state index in [1.165, 1.54) is 0 Å². The van der Waals surface area contributed by atoms with Crippen LogP contribution in [0.5, 0.6) is 0 Å². The van der Waals surface area contributed by atoms with Crippen molar-refractivity contribution in [3.8, 4) is 0 Å². The maximum atomic E-state index is 12.6. The lowest BCUT2D eigenvalue weighted by molar-refractivity contribution is 0.0954. The number of carbonyl (C=O) groups is 2. The van der Waals surface area contributed by atoms with Crippen LogP contribution in [0.25, 0.3) is 10.9 Å². The number of aryl methyl sites for hydroxylation is 1. The van der Waals surface area contributed by atoms with Crippen molar-refractivity contribution in [1.82, 2.24) is 10.3 Å². The van der Waals surface area contributed by atoms with Gasteiger partial charge < -0.3 is 10.6 Å². The lowest BCUT2D eigenvalue weighted by atomic mass is 10.1. The van der Waals surface area contributed by atoms with E-state index in [1.807, 2.05) is 44.2 Å². The number of fused-ring (bicyclic) bond motifs is 1. The maximum Gasteiger partial charge on any atom is 0.257 e. The normalized spacial score (nSPS) is 10.5. The number of hydrogen-bond acceptors (Lipinski definition) is 3. The van der Waals surface area contributed by atoms with E-state index in [2.05, 4.69) is 15.6 Å². The largest absolute Gasteiger partial charge is 0.352 e. The zero-order chi connectivity index (χ0) is 17.8. The molecule has 25 heavy (non-hydrogen) atoms. The lowest BCUT2D eigenvalue weighted by Crippen LogP contribution is -2.22. The highest BCUT2D eigenvalue weighted by Crippen LogP contribution is 2.18. The second kappa shape index (κ2) is 7.13. The predicted molar refractivity (Wildman–Crippen MR) is 98.9 cm³/mol. The Labute approximate surface area is 146 Å². The molecule has 2 amide bonds. The predicted octanol–water partition coefficient (Wildman–Crippen LogP) is 3.55. The topological polar surface area (TPSA) is 71.1 Å². The number of pyridine rings is 1. The fraction of sp³-hybridized carbons (Fsp3) is 0.150. The van der Waals surface area contributed by atoms with E-state index in [1.54, 1.807) is 24.3 Å². The molecule has 0 aliphatic heterocycles. The molecular weight excluding hydrogens is 314 g/mol. The molecule has 3 rings (SSSR count). The Hall–Kier alpha value is -3.21. The van der Waals surface area contributed by atoms with Gasteiger partial charge in [-0.05, 0) is 44.2 Å². The fourth-order valence-electron chi connectivity index (χ4n) is 2.64. The molecule has 126 valence electrons. The Morgan fingerprint density at radius 2 is 1.80 bits per heavy atom. The summed E-state index contributed by atoms with van der Waals surface area (Å²) in [5.74, 6) is -0.411. The number of benzene rings is 2. The third kappa shape index (κ3) is 3.66. The third-order valence-electron chi connectivity index (χ3n) is 3.88. The summed E-state index contributed by atoms with van der Waals surface area (Å²) in [7, 11) is 0. The fourth-order valence-corrected chi connectivity index (χ4v) is 2.64. The van der Waals surface area contributed by atoms with Crippen molar-refractivity contribution in [2.24, 2.45) is 0 Å². The van der Waals surface area contributed by atoms with Crippen LogP contribution in [-0.4, -0.2) is 23.3 Å². The second-order valence-electron chi connectivity index (χ2n) is 5.71. The van der Waals surface area contributed by atoms with Gasteiger partial charge in [-0.15, -0.1) is 0 Å². The van der Waals surface area contributed by atoms with E-state index in [0.717, 1.165) is 10.9 Å². The number of nitrogens with one attached hydrogen (secondary N) is 2. The molecule has 0 aliphatic carbocycles. The SMILES string of the molecule is CCNC(=O)c1cccc(NC(=O)c2cc3ccccc3nc2C)c1. The maximum absolute atomic E-state index is 12.6. The number of amides is 2. The van der Waals surface area contributed by atoms with Gasteiger partial charge in [0.15, 0.2) is 0 Å². The molecular formula is C20H19N3O2. The molecule has 1 heterocycles. The monoisotopic (exact) mass is 333 g/mol. The van der Waals surface area contributed by atoms with Crippen LogP contribution >= 0.6 is 0 Å². The minimum atomic E-state index is -0.246. The summed E-state index contributed by atoms with van der Waals surface area (Å²) in [6.45, 7) is 4.23. The lowest BCUT2D eigenvalue weighted by Gasteiger charge is -2.10. The molecule has 0 fully saturated rings. The average Bonchev–Trinajstić information content (AvgIpc) is 2.61. The van der Waals surface area contributed by atoms with Crippen molar-refractivity contribution < 1.29 is 9.59 Å². The number of carbonyl (C=O) groups excluding carboxylic acids is 2. The van der Waals surface area contributed by atoms with Crippen LogP contribution in [0, 0.1) is 6.92 Å². The molecule has 0 bridgehead atoms. The third-order valence-corrected chi connectivity index (χ3v) is 3.88. The Balaban J connectivity index is 1.86. The standard InChI is InChI=1S/C20H19N3O2/c1-3-21-19(24)15-8-6-9-16(11-15)23-20(25)17-12-14-7-4-5-10-18(14)22-13(17)2/h4-12H,3H2,1-2H3,(H,21,24)(H,23,25). The van der Waals surface area contributed by atoms with E-state index in [9.17, 15) is 9.59 Å². The van der Waals surface area contributed by atoms with Gasteiger partial charge in [0.1, 0.15) is 0 Å². The Kier molecular flexibility index (Phi) is 4.75. The highest BCUT2D eigenvalue weighted by atomic mass is 16.2. The first kappa shape index (κ1) is 16.6. The summed E-state index contributed by atoms with van der Waals surface area (Å²) >= 11 is 0. The van der Waals surface area contributed by atoms with Crippen molar-refractivity contribution >= 4 is 28.4 Å². The van der Waals surface area contributed by atoms with Crippen LogP contribution in [0.3, 0.4) is 0 Å². The van der Waals surface area contributed by atoms with E-state index in [4.69, 9.17) is 0 Å². The van der Waals surface area contributed by atoms with E-state index in [0.29, 0.717) is 29.1 Å². The van der Waals surface area contributed by atoms with Crippen molar-refractivity contribution in [3.63, 3.8) is 0 Å². The average molecular weight is 333 g/mol. The van der Waals surface area contributed by atoms with E-state index >= 15 is 0 Å². The number of rotatable bonds is 4. The summed E-state index contributed by atoms with van der Waals surface area (Å²) in [6, 6.07) is 16.4. The molecule has 3 aromatic rings. The van der Waals surface area contributed by atoms with Crippen LogP contribution in [-0.2, 0) is 0 Å². The first-order valence-electron chi connectivity index (χ1n) is 8.14. The molecule has 0 aliphatic rings. The minimum Gasteiger partial charge on any atom is -0.352 e. The smallest absolute Gasteiger partial charge is 0.257 e. The molecule has 0 atom stereocenters. The first-order valence-corrected chi connectivity index (χ1v) is 8.14. The zero-order valence-corrected chi connectivity index (χ0v) is 14.2. The summed E-state index contributed by atoms with van der Waals surface area (Å²) < 4.78 is 0. The van der Waals surface area contributed by atoms with E-state index in [-0.39, 0.29) is 11.8 Å². The van der Waals surface area contributed by atoms with Crippen LogP contribution < -0.4 is 10.6 Å². The van der Waals surface area contributed by atoms with Crippen molar-refractivity contribution in [1.29, 1.82) is 0 Å². The zero-order valence-electron chi connectivity index (χ0n) is 14.2. The van der Waals surface area contributed by atoms with Crippen LogP contribution in [0.1, 0.15) is 33.3 Å². The van der Waals surface area contributed by atoms with Gasteiger partial charge in [-0.1, -0.05) is 24.3 Å². The van der Waals surface area contributed by atoms with Gasteiger partial charge in [0, 0.05) is 23.2 Å². The van der Waals surface area contributed by atoms with Gasteiger partial charge in [0.05, 0.1) is 16.8 Å². The molecule has 5 nitrogen and oxygen atoms in total. The summed E-state index contributed by atoms with van der Waals surface area (Å²) in [6.07, 6.45) is 0. The van der Waals surface area contributed by atoms with Crippen molar-refractivity contribution in [2.75, 3.05) is 11.9 Å². The number of nitrogens with zero attached hydrogens (tertiary/aromatic N) is 1. The minimum absolute atomic E-state index is 0.165. The Morgan fingerprint density at radius 3 is 2.60 bits per heavy atom. The molecule has 0 spiro atoms. The molecule has 5 heteroatoms. The Morgan fingerprint density at radius 1 is 1.00 bits per heavy atom. The molecule has 0 saturated heterocycles. The Bertz CT molecular complexity index is 951. The quantitative estimate of drug-likeness (QED) is 0.767. The summed E-state index contributed by atoms with van der Waals surface area (Å²) in [4.78, 5) is 29.0. The van der Waals surface area contributed by atoms with Crippen LogP contribution in [0.15, 0.2) is 54.6 Å². The van der Waals surface area contributed by atoms with Gasteiger partial charge in [-0.25, -0.2) is 0 Å². The highest BCUT2D eigenvalue weighted by Gasteiger charge is 2.13. The van der Waals surface area contributed by atoms with Gasteiger partial charge in [0.2, 0.25) is 0 Å². The number of hydrogen-bond donors (Lipinski definition) is 2. The van der Waals surface area contributed by atoms with Crippen LogP contribution in [0.2, 0.25) is 0 Å². The molecule has 2 aromatic carbocycles. The second-order valence-corrected chi connectivity index (χ2v) is 5.71. The van der Waals surface area contributed by atoms with Gasteiger partial charge in [-0.3, -0.25) is 14.6 Å². The highest BCUT2D eigenvalue weighted by molar-refractivity contribution is 6.07. The summed E-state index contributed by atoms with van der Waals surface area (Å²) in [5, 5.41) is 6.50.